The molecule has 0 bridgehead atoms. The van der Waals surface area contributed by atoms with Crippen molar-refractivity contribution in [2.75, 3.05) is 0 Å². The second-order valence-electron chi connectivity index (χ2n) is 14.3. The number of halogens is 1. The zero-order chi connectivity index (χ0) is 30.9. The summed E-state index contributed by atoms with van der Waals surface area (Å²) in [5.41, 5.74) is 0. The van der Waals surface area contributed by atoms with Crippen molar-refractivity contribution in [1.82, 2.24) is 4.98 Å². The maximum Gasteiger partial charge on any atom is 0.251 e. The van der Waals surface area contributed by atoms with Crippen molar-refractivity contribution in [2.24, 2.45) is 0 Å². The fourth-order valence-electron chi connectivity index (χ4n) is 7.10. The number of nitrogens with one attached hydrogen (secondary N) is 1. The lowest BCUT2D eigenvalue weighted by Gasteiger charge is -2.15. The monoisotopic (exact) mass is 637 g/mol. The molecule has 0 aliphatic carbocycles. The van der Waals surface area contributed by atoms with E-state index < -0.39 is 0 Å². The Hall–Kier alpha value is -0.500. The number of hydrogen-bond donors (Lipinski definition) is 1. The Kier molecular flexibility index (Phi) is 35.0. The van der Waals surface area contributed by atoms with Gasteiger partial charge in [0.15, 0.2) is 0 Å². The summed E-state index contributed by atoms with van der Waals surface area (Å²) in [7, 11) is 0. The molecule has 0 saturated heterocycles. The highest BCUT2D eigenvalue weighted by molar-refractivity contribution is 4.73. The minimum atomic E-state index is 0. The van der Waals surface area contributed by atoms with Crippen LogP contribution in [0.3, 0.4) is 0 Å². The Balaban J connectivity index is 0.0000185. The molecule has 0 amide bonds. The summed E-state index contributed by atoms with van der Waals surface area (Å²) in [5, 5.41) is 0. The molecule has 0 atom stereocenters. The second-order valence-corrected chi connectivity index (χ2v) is 14.3. The van der Waals surface area contributed by atoms with Crippen LogP contribution >= 0.6 is 0 Å². The predicted molar refractivity (Wildman–Crippen MR) is 193 cm³/mol. The molecule has 0 aliphatic rings. The summed E-state index contributed by atoms with van der Waals surface area (Å²) in [6.45, 7) is 6.86. The second kappa shape index (κ2) is 35.4. The Morgan fingerprint density at radius 2 is 0.682 bits per heavy atom. The van der Waals surface area contributed by atoms with Crippen LogP contribution in [-0.4, -0.2) is 4.98 Å². The summed E-state index contributed by atoms with van der Waals surface area (Å²) in [4.78, 5) is 3.42. The lowest BCUT2D eigenvalue weighted by molar-refractivity contribution is -0.728. The molecular formula is C41H81ClN2. The third-order valence-corrected chi connectivity index (χ3v) is 10.1. The standard InChI is InChI=1S/C41H80N2.ClH/c1-4-6-8-10-12-14-16-18-20-22-24-26-28-30-32-34-36-41(43-39-38-42-40(43)3)37-35-33-31-29-27-25-23-21-19-17-15-13-11-9-7-5-2;/h38-39,41H,4-37H2,1-3H3;1H. The van der Waals surface area contributed by atoms with E-state index in [1.807, 2.05) is 0 Å². The molecule has 262 valence electrons. The molecular weight excluding hydrogens is 556 g/mol. The molecule has 0 radical (unpaired) electrons. The molecule has 0 unspecified atom stereocenters. The summed E-state index contributed by atoms with van der Waals surface area (Å²) in [6.07, 6.45) is 53.6. The van der Waals surface area contributed by atoms with E-state index in [4.69, 9.17) is 0 Å². The van der Waals surface area contributed by atoms with Gasteiger partial charge in [-0.05, 0) is 25.7 Å². The molecule has 3 heteroatoms. The van der Waals surface area contributed by atoms with Gasteiger partial charge in [-0.1, -0.05) is 206 Å². The van der Waals surface area contributed by atoms with Crippen molar-refractivity contribution in [3.63, 3.8) is 0 Å². The van der Waals surface area contributed by atoms with Gasteiger partial charge in [-0.2, -0.15) is 0 Å². The Morgan fingerprint density at radius 3 is 0.909 bits per heavy atom. The van der Waals surface area contributed by atoms with Crippen LogP contribution in [0.2, 0.25) is 0 Å². The number of aromatic amines is 1. The van der Waals surface area contributed by atoms with E-state index in [-0.39, 0.29) is 12.4 Å². The van der Waals surface area contributed by atoms with Gasteiger partial charge in [-0.25, -0.2) is 9.55 Å². The third kappa shape index (κ3) is 27.8. The molecule has 2 nitrogen and oxygen atoms in total. The van der Waals surface area contributed by atoms with Crippen LogP contribution in [0, 0.1) is 6.92 Å². The lowest BCUT2D eigenvalue weighted by Crippen LogP contribution is -3.00. The molecule has 0 spiro atoms. The quantitative estimate of drug-likeness (QED) is 0.0565. The fraction of sp³-hybridized carbons (Fsp3) is 0.927. The van der Waals surface area contributed by atoms with Gasteiger partial charge in [0.05, 0.1) is 0 Å². The molecule has 0 saturated carbocycles. The van der Waals surface area contributed by atoms with E-state index in [0.717, 1.165) is 0 Å². The van der Waals surface area contributed by atoms with Crippen LogP contribution < -0.4 is 17.0 Å². The molecule has 44 heavy (non-hydrogen) atoms. The molecule has 1 heterocycles. The molecule has 0 fully saturated rings. The van der Waals surface area contributed by atoms with Crippen molar-refractivity contribution in [1.29, 1.82) is 0 Å². The van der Waals surface area contributed by atoms with Gasteiger partial charge in [0, 0.05) is 6.92 Å². The lowest BCUT2D eigenvalue weighted by atomic mass is 9.99. The van der Waals surface area contributed by atoms with Crippen LogP contribution in [0.25, 0.3) is 0 Å². The maximum absolute atomic E-state index is 3.42. The molecule has 0 aromatic carbocycles. The summed E-state index contributed by atoms with van der Waals surface area (Å²) < 4.78 is 2.54. The van der Waals surface area contributed by atoms with Gasteiger partial charge >= 0.3 is 0 Å². The first kappa shape index (κ1) is 43.5. The predicted octanol–water partition coefficient (Wildman–Crippen LogP) is 11.5. The molecule has 1 aromatic heterocycles. The smallest absolute Gasteiger partial charge is 0.251 e. The van der Waals surface area contributed by atoms with Gasteiger partial charge in [0.2, 0.25) is 0 Å². The van der Waals surface area contributed by atoms with Crippen molar-refractivity contribution >= 4 is 0 Å². The average Bonchev–Trinajstić information content (AvgIpc) is 3.45. The fourth-order valence-corrected chi connectivity index (χ4v) is 7.10. The normalized spacial score (nSPS) is 11.5. The van der Waals surface area contributed by atoms with Crippen LogP contribution in [0.5, 0.6) is 0 Å². The van der Waals surface area contributed by atoms with E-state index in [1.54, 1.807) is 0 Å². The first-order valence-electron chi connectivity index (χ1n) is 20.3. The SMILES string of the molecule is CCCCCCCCCCCCCCCCCCC(CCCCCCCCCCCCCCCCCC)[n+]1cc[nH]c1C.[Cl-]. The van der Waals surface area contributed by atoms with Gasteiger partial charge in [0.1, 0.15) is 18.4 Å². The number of rotatable bonds is 35. The maximum atomic E-state index is 3.42. The highest BCUT2D eigenvalue weighted by atomic mass is 35.5. The third-order valence-electron chi connectivity index (χ3n) is 10.1. The highest BCUT2D eigenvalue weighted by Gasteiger charge is 2.18. The Bertz CT molecular complexity index is 621. The molecule has 1 aromatic rings. The minimum Gasteiger partial charge on any atom is -1.00 e. The largest absolute Gasteiger partial charge is 1.00 e. The number of imidazole rings is 1. The average molecular weight is 638 g/mol. The van der Waals surface area contributed by atoms with E-state index in [9.17, 15) is 0 Å². The molecule has 1 N–H and O–H groups in total. The Labute approximate surface area is 284 Å². The van der Waals surface area contributed by atoms with Crippen molar-refractivity contribution in [3.05, 3.63) is 18.2 Å². The van der Waals surface area contributed by atoms with E-state index >= 15 is 0 Å². The van der Waals surface area contributed by atoms with Crippen molar-refractivity contribution < 1.29 is 17.0 Å². The van der Waals surface area contributed by atoms with Crippen molar-refractivity contribution in [2.45, 2.75) is 245 Å². The Morgan fingerprint density at radius 1 is 0.432 bits per heavy atom. The van der Waals surface area contributed by atoms with Crippen LogP contribution in [0.4, 0.5) is 0 Å². The van der Waals surface area contributed by atoms with Crippen LogP contribution in [-0.2, 0) is 0 Å². The summed E-state index contributed by atoms with van der Waals surface area (Å²) in [5.74, 6) is 1.33. The number of H-pyrrole nitrogens is 1. The first-order chi connectivity index (χ1) is 21.3. The van der Waals surface area contributed by atoms with Crippen LogP contribution in [0.15, 0.2) is 12.4 Å². The molecule has 0 aliphatic heterocycles. The summed E-state index contributed by atoms with van der Waals surface area (Å²) in [6, 6.07) is 0.699. The summed E-state index contributed by atoms with van der Waals surface area (Å²) >= 11 is 0. The van der Waals surface area contributed by atoms with Gasteiger partial charge in [0.25, 0.3) is 5.82 Å². The van der Waals surface area contributed by atoms with Gasteiger partial charge in [-0.15, -0.1) is 0 Å². The first-order valence-corrected chi connectivity index (χ1v) is 20.3. The number of unbranched alkanes of at least 4 members (excludes halogenated alkanes) is 30. The number of nitrogens with zero attached hydrogens (tertiary/aromatic N) is 1. The number of hydrogen-bond acceptors (Lipinski definition) is 0. The minimum absolute atomic E-state index is 0. The number of aromatic nitrogens is 2. The zero-order valence-corrected chi connectivity index (χ0v) is 31.4. The zero-order valence-electron chi connectivity index (χ0n) is 30.6. The van der Waals surface area contributed by atoms with E-state index in [2.05, 4.69) is 42.7 Å². The number of aryl methyl sites for hydroxylation is 1. The molecule has 1 rings (SSSR count). The van der Waals surface area contributed by atoms with Crippen molar-refractivity contribution in [3.8, 4) is 0 Å². The van der Waals surface area contributed by atoms with Gasteiger partial charge in [-0.3, -0.25) is 0 Å². The van der Waals surface area contributed by atoms with E-state index in [0.29, 0.717) is 6.04 Å². The van der Waals surface area contributed by atoms with E-state index in [1.165, 1.54) is 224 Å². The highest BCUT2D eigenvalue weighted by Crippen LogP contribution is 2.21. The topological polar surface area (TPSA) is 19.7 Å². The van der Waals surface area contributed by atoms with Gasteiger partial charge < -0.3 is 12.4 Å². The van der Waals surface area contributed by atoms with Crippen LogP contribution in [0.1, 0.15) is 244 Å².